The van der Waals surface area contributed by atoms with E-state index in [4.69, 9.17) is 10.1 Å². The molecule has 0 amide bonds. The highest BCUT2D eigenvalue weighted by Gasteiger charge is 2.09. The molecule has 1 aliphatic heterocycles. The zero-order chi connectivity index (χ0) is 13.5. The standard InChI is InChI=1S/C15H23N3O/c1-13-3-4-15(14(11-13)12-16)17-5-2-6-18-7-9-19-10-8-18/h3-4,11-12,16-17H,2,5-10H2,1H3. The molecule has 19 heavy (non-hydrogen) atoms. The third-order valence-corrected chi connectivity index (χ3v) is 3.43. The highest BCUT2D eigenvalue weighted by molar-refractivity contribution is 5.86. The van der Waals surface area contributed by atoms with Crippen molar-refractivity contribution >= 4 is 11.9 Å². The lowest BCUT2D eigenvalue weighted by molar-refractivity contribution is 0.0378. The summed E-state index contributed by atoms with van der Waals surface area (Å²) in [4.78, 5) is 2.44. The second-order valence-electron chi connectivity index (χ2n) is 4.97. The van der Waals surface area contributed by atoms with E-state index in [2.05, 4.69) is 29.3 Å². The number of aryl methyl sites for hydroxylation is 1. The van der Waals surface area contributed by atoms with E-state index in [1.807, 2.05) is 6.07 Å². The summed E-state index contributed by atoms with van der Waals surface area (Å²) in [5.41, 5.74) is 3.21. The van der Waals surface area contributed by atoms with Crippen molar-refractivity contribution in [2.24, 2.45) is 0 Å². The molecule has 0 saturated carbocycles. The predicted octanol–water partition coefficient (Wildman–Crippen LogP) is 2.13. The molecule has 2 rings (SSSR count). The van der Waals surface area contributed by atoms with E-state index in [0.29, 0.717) is 0 Å². The van der Waals surface area contributed by atoms with Crippen LogP contribution in [0.2, 0.25) is 0 Å². The van der Waals surface area contributed by atoms with E-state index >= 15 is 0 Å². The molecule has 2 N–H and O–H groups in total. The monoisotopic (exact) mass is 261 g/mol. The van der Waals surface area contributed by atoms with Gasteiger partial charge in [0.25, 0.3) is 0 Å². The van der Waals surface area contributed by atoms with E-state index in [1.165, 1.54) is 11.8 Å². The Morgan fingerprint density at radius 3 is 2.89 bits per heavy atom. The number of anilines is 1. The largest absolute Gasteiger partial charge is 0.384 e. The van der Waals surface area contributed by atoms with Crippen molar-refractivity contribution in [2.75, 3.05) is 44.7 Å². The molecule has 104 valence electrons. The highest BCUT2D eigenvalue weighted by atomic mass is 16.5. The molecule has 1 saturated heterocycles. The summed E-state index contributed by atoms with van der Waals surface area (Å²) in [5.74, 6) is 0. The van der Waals surface area contributed by atoms with Crippen LogP contribution in [0, 0.1) is 12.3 Å². The zero-order valence-electron chi connectivity index (χ0n) is 11.6. The Bertz CT molecular complexity index is 414. The molecule has 0 aliphatic carbocycles. The Labute approximate surface area is 115 Å². The molecule has 0 atom stereocenters. The maximum absolute atomic E-state index is 7.43. The van der Waals surface area contributed by atoms with Gasteiger partial charge in [0.15, 0.2) is 0 Å². The Hall–Kier alpha value is -1.39. The SMILES string of the molecule is Cc1ccc(NCCCN2CCOCC2)c(C=N)c1. The Balaban J connectivity index is 1.74. The van der Waals surface area contributed by atoms with Gasteiger partial charge in [0.2, 0.25) is 0 Å². The van der Waals surface area contributed by atoms with Crippen LogP contribution in [-0.4, -0.2) is 50.5 Å². The Morgan fingerprint density at radius 2 is 2.16 bits per heavy atom. The number of nitrogens with one attached hydrogen (secondary N) is 2. The van der Waals surface area contributed by atoms with Crippen LogP contribution in [0.25, 0.3) is 0 Å². The molecule has 0 bridgehead atoms. The lowest BCUT2D eigenvalue weighted by atomic mass is 10.1. The number of rotatable bonds is 6. The first-order valence-electron chi connectivity index (χ1n) is 6.94. The first-order chi connectivity index (χ1) is 9.29. The topological polar surface area (TPSA) is 48.4 Å². The van der Waals surface area contributed by atoms with Gasteiger partial charge in [0.05, 0.1) is 13.2 Å². The van der Waals surface area contributed by atoms with Gasteiger partial charge >= 0.3 is 0 Å². The summed E-state index contributed by atoms with van der Waals surface area (Å²) >= 11 is 0. The van der Waals surface area contributed by atoms with Crippen molar-refractivity contribution in [1.82, 2.24) is 4.90 Å². The van der Waals surface area contributed by atoms with Gasteiger partial charge < -0.3 is 15.5 Å². The van der Waals surface area contributed by atoms with Gasteiger partial charge in [-0.2, -0.15) is 0 Å². The highest BCUT2D eigenvalue weighted by Crippen LogP contribution is 2.15. The maximum Gasteiger partial charge on any atom is 0.0594 e. The molecule has 4 heteroatoms. The van der Waals surface area contributed by atoms with Crippen molar-refractivity contribution in [3.8, 4) is 0 Å². The molecule has 1 fully saturated rings. The first kappa shape index (κ1) is 14.0. The van der Waals surface area contributed by atoms with Crippen molar-refractivity contribution < 1.29 is 4.74 Å². The second kappa shape index (κ2) is 7.26. The summed E-state index contributed by atoms with van der Waals surface area (Å²) in [6, 6.07) is 6.18. The van der Waals surface area contributed by atoms with Crippen LogP contribution in [0.3, 0.4) is 0 Å². The van der Waals surface area contributed by atoms with Crippen LogP contribution in [0.1, 0.15) is 17.5 Å². The molecule has 0 aromatic heterocycles. The third kappa shape index (κ3) is 4.33. The molecule has 4 nitrogen and oxygen atoms in total. The molecule has 1 aromatic rings. The Kier molecular flexibility index (Phi) is 5.36. The van der Waals surface area contributed by atoms with Gasteiger partial charge in [-0.1, -0.05) is 11.6 Å². The van der Waals surface area contributed by atoms with Gasteiger partial charge in [0.1, 0.15) is 0 Å². The fourth-order valence-electron chi connectivity index (χ4n) is 2.31. The molecular formula is C15H23N3O. The maximum atomic E-state index is 7.43. The minimum absolute atomic E-state index is 0.864. The van der Waals surface area contributed by atoms with Gasteiger partial charge in [-0.05, 0) is 32.0 Å². The van der Waals surface area contributed by atoms with E-state index < -0.39 is 0 Å². The fourth-order valence-corrected chi connectivity index (χ4v) is 2.31. The smallest absolute Gasteiger partial charge is 0.0594 e. The van der Waals surface area contributed by atoms with Crippen molar-refractivity contribution in [2.45, 2.75) is 13.3 Å². The quantitative estimate of drug-likeness (QED) is 0.609. The molecule has 0 spiro atoms. The lowest BCUT2D eigenvalue weighted by Crippen LogP contribution is -2.37. The normalized spacial score (nSPS) is 16.3. The number of nitrogens with zero attached hydrogens (tertiary/aromatic N) is 1. The zero-order valence-corrected chi connectivity index (χ0v) is 11.6. The molecule has 1 aromatic carbocycles. The second-order valence-corrected chi connectivity index (χ2v) is 4.97. The average Bonchev–Trinajstić information content (AvgIpc) is 2.46. The van der Waals surface area contributed by atoms with Crippen LogP contribution >= 0.6 is 0 Å². The van der Waals surface area contributed by atoms with Crippen molar-refractivity contribution in [1.29, 1.82) is 5.41 Å². The number of morpholine rings is 1. The van der Waals surface area contributed by atoms with Crippen LogP contribution in [-0.2, 0) is 4.74 Å². The van der Waals surface area contributed by atoms with Gasteiger partial charge in [-0.3, -0.25) is 4.90 Å². The van der Waals surface area contributed by atoms with Gasteiger partial charge in [-0.15, -0.1) is 0 Å². The van der Waals surface area contributed by atoms with Crippen molar-refractivity contribution in [3.05, 3.63) is 29.3 Å². The average molecular weight is 261 g/mol. The first-order valence-corrected chi connectivity index (χ1v) is 6.94. The molecule has 1 aliphatic rings. The van der Waals surface area contributed by atoms with E-state index in [-0.39, 0.29) is 0 Å². The van der Waals surface area contributed by atoms with E-state index in [9.17, 15) is 0 Å². The molecule has 0 radical (unpaired) electrons. The minimum Gasteiger partial charge on any atom is -0.384 e. The van der Waals surface area contributed by atoms with Crippen molar-refractivity contribution in [3.63, 3.8) is 0 Å². The summed E-state index contributed by atoms with van der Waals surface area (Å²) in [6.07, 6.45) is 2.53. The van der Waals surface area contributed by atoms with Crippen LogP contribution < -0.4 is 5.32 Å². The Morgan fingerprint density at radius 1 is 1.37 bits per heavy atom. The van der Waals surface area contributed by atoms with E-state index in [1.54, 1.807) is 0 Å². The summed E-state index contributed by atoms with van der Waals surface area (Å²) < 4.78 is 5.33. The number of hydrogen-bond donors (Lipinski definition) is 2. The van der Waals surface area contributed by atoms with Gasteiger partial charge in [0, 0.05) is 37.1 Å². The van der Waals surface area contributed by atoms with Gasteiger partial charge in [-0.25, -0.2) is 0 Å². The summed E-state index contributed by atoms with van der Waals surface area (Å²) in [5, 5.41) is 10.9. The fraction of sp³-hybridized carbons (Fsp3) is 0.533. The van der Waals surface area contributed by atoms with E-state index in [0.717, 1.165) is 57.1 Å². The molecule has 0 unspecified atom stereocenters. The molecular weight excluding hydrogens is 238 g/mol. The number of hydrogen-bond acceptors (Lipinski definition) is 4. The third-order valence-electron chi connectivity index (χ3n) is 3.43. The van der Waals surface area contributed by atoms with Crippen LogP contribution in [0.5, 0.6) is 0 Å². The molecule has 1 heterocycles. The predicted molar refractivity (Wildman–Crippen MR) is 79.4 cm³/mol. The lowest BCUT2D eigenvalue weighted by Gasteiger charge is -2.26. The number of benzene rings is 1. The minimum atomic E-state index is 0.864. The van der Waals surface area contributed by atoms with Crippen LogP contribution in [0.4, 0.5) is 5.69 Å². The van der Waals surface area contributed by atoms with Crippen LogP contribution in [0.15, 0.2) is 18.2 Å². The number of ether oxygens (including phenoxy) is 1. The summed E-state index contributed by atoms with van der Waals surface area (Å²) in [6.45, 7) is 7.94. The summed E-state index contributed by atoms with van der Waals surface area (Å²) in [7, 11) is 0.